The lowest BCUT2D eigenvalue weighted by Crippen LogP contribution is -2.35. The van der Waals surface area contributed by atoms with Gasteiger partial charge in [-0.25, -0.2) is 0 Å². The molecule has 0 heterocycles. The van der Waals surface area contributed by atoms with Crippen molar-refractivity contribution >= 4 is 12.6 Å². The van der Waals surface area contributed by atoms with Crippen molar-refractivity contribution in [3.8, 4) is 0 Å². The molecule has 1 aliphatic rings. The van der Waals surface area contributed by atoms with E-state index in [9.17, 15) is 0 Å². The van der Waals surface area contributed by atoms with Gasteiger partial charge in [0, 0.05) is 0 Å². The van der Waals surface area contributed by atoms with Crippen LogP contribution in [0.4, 0.5) is 0 Å². The molecule has 68 valence electrons. The van der Waals surface area contributed by atoms with E-state index in [-0.39, 0.29) is 5.41 Å². The first-order valence-electron chi connectivity index (χ1n) is 4.59. The smallest absolute Gasteiger partial charge is 0.423 e. The summed E-state index contributed by atoms with van der Waals surface area (Å²) in [6.07, 6.45) is 2.30. The Kier molecular flexibility index (Phi) is 1.93. The van der Waals surface area contributed by atoms with Gasteiger partial charge in [0.15, 0.2) is 0 Å². The monoisotopic (exact) mass is 176 g/mol. The Morgan fingerprint density at radius 1 is 1.23 bits per heavy atom. The Bertz CT molecular complexity index is 318. The molecular formula is C10H13BO2. The highest BCUT2D eigenvalue weighted by Crippen LogP contribution is 2.46. The van der Waals surface area contributed by atoms with Gasteiger partial charge in [0.1, 0.15) is 0 Å². The van der Waals surface area contributed by atoms with Gasteiger partial charge in [-0.15, -0.1) is 0 Å². The van der Waals surface area contributed by atoms with E-state index in [0.29, 0.717) is 5.46 Å². The molecule has 0 saturated heterocycles. The van der Waals surface area contributed by atoms with Gasteiger partial charge in [-0.2, -0.15) is 0 Å². The van der Waals surface area contributed by atoms with Gasteiger partial charge in [-0.3, -0.25) is 0 Å². The van der Waals surface area contributed by atoms with E-state index < -0.39 is 7.12 Å². The Morgan fingerprint density at radius 3 is 2.38 bits per heavy atom. The third-order valence-electron chi connectivity index (χ3n) is 2.89. The molecule has 1 aromatic rings. The van der Waals surface area contributed by atoms with Crippen LogP contribution in [0.2, 0.25) is 0 Å². The molecule has 0 aliphatic heterocycles. The normalized spacial score (nSPS) is 18.4. The van der Waals surface area contributed by atoms with Crippen LogP contribution in [-0.4, -0.2) is 17.2 Å². The maximum absolute atomic E-state index is 9.15. The zero-order chi connectivity index (χ0) is 9.47. The van der Waals surface area contributed by atoms with E-state index >= 15 is 0 Å². The van der Waals surface area contributed by atoms with Gasteiger partial charge in [0.25, 0.3) is 0 Å². The predicted molar refractivity (Wildman–Crippen MR) is 52.9 cm³/mol. The number of rotatable bonds is 2. The first kappa shape index (κ1) is 8.79. The molecule has 0 aromatic heterocycles. The van der Waals surface area contributed by atoms with E-state index in [4.69, 9.17) is 10.0 Å². The summed E-state index contributed by atoms with van der Waals surface area (Å²) in [5, 5.41) is 18.3. The van der Waals surface area contributed by atoms with Gasteiger partial charge in [-0.05, 0) is 29.3 Å². The fourth-order valence-electron chi connectivity index (χ4n) is 1.73. The minimum atomic E-state index is -1.34. The van der Waals surface area contributed by atoms with Gasteiger partial charge >= 0.3 is 7.12 Å². The summed E-state index contributed by atoms with van der Waals surface area (Å²) < 4.78 is 0. The highest BCUT2D eigenvalue weighted by Gasteiger charge is 2.41. The zero-order valence-electron chi connectivity index (χ0n) is 7.70. The van der Waals surface area contributed by atoms with Crippen molar-refractivity contribution < 1.29 is 10.0 Å². The second-order valence-corrected chi connectivity index (χ2v) is 4.02. The summed E-state index contributed by atoms with van der Waals surface area (Å²) in [5.74, 6) is 0. The van der Waals surface area contributed by atoms with Crippen LogP contribution in [0.3, 0.4) is 0 Å². The van der Waals surface area contributed by atoms with Crippen molar-refractivity contribution in [3.63, 3.8) is 0 Å². The summed E-state index contributed by atoms with van der Waals surface area (Å²) in [6.45, 7) is 2.16. The molecule has 2 rings (SSSR count). The molecule has 0 spiro atoms. The summed E-state index contributed by atoms with van der Waals surface area (Å²) in [7, 11) is -1.34. The molecule has 1 aliphatic carbocycles. The Hall–Kier alpha value is -0.795. The topological polar surface area (TPSA) is 40.5 Å². The summed E-state index contributed by atoms with van der Waals surface area (Å²) in [4.78, 5) is 0. The van der Waals surface area contributed by atoms with Crippen LogP contribution in [0.1, 0.15) is 25.3 Å². The lowest BCUT2D eigenvalue weighted by Gasteiger charge is -2.13. The Labute approximate surface area is 78.4 Å². The molecule has 2 N–H and O–H groups in total. The fourth-order valence-corrected chi connectivity index (χ4v) is 1.73. The van der Waals surface area contributed by atoms with Crippen LogP contribution < -0.4 is 5.46 Å². The number of hydrogen-bond donors (Lipinski definition) is 2. The van der Waals surface area contributed by atoms with Crippen molar-refractivity contribution in [3.05, 3.63) is 29.8 Å². The van der Waals surface area contributed by atoms with Gasteiger partial charge in [0.05, 0.1) is 0 Å². The van der Waals surface area contributed by atoms with Crippen molar-refractivity contribution in [2.45, 2.75) is 25.2 Å². The second-order valence-electron chi connectivity index (χ2n) is 4.02. The number of benzene rings is 1. The quantitative estimate of drug-likeness (QED) is 0.641. The van der Waals surface area contributed by atoms with Crippen LogP contribution in [0.5, 0.6) is 0 Å². The van der Waals surface area contributed by atoms with Crippen LogP contribution in [0, 0.1) is 0 Å². The second kappa shape index (κ2) is 2.86. The minimum Gasteiger partial charge on any atom is -0.423 e. The first-order valence-corrected chi connectivity index (χ1v) is 4.59. The average Bonchev–Trinajstić information content (AvgIpc) is 2.85. The van der Waals surface area contributed by atoms with Gasteiger partial charge in [-0.1, -0.05) is 31.2 Å². The fraction of sp³-hybridized carbons (Fsp3) is 0.400. The molecule has 0 atom stereocenters. The van der Waals surface area contributed by atoms with E-state index in [0.717, 1.165) is 18.4 Å². The summed E-state index contributed by atoms with van der Waals surface area (Å²) in [5.41, 5.74) is 1.94. The molecule has 13 heavy (non-hydrogen) atoms. The molecule has 1 saturated carbocycles. The maximum atomic E-state index is 9.15. The third kappa shape index (κ3) is 1.49. The molecule has 2 nitrogen and oxygen atoms in total. The molecular weight excluding hydrogens is 163 g/mol. The highest BCUT2D eigenvalue weighted by molar-refractivity contribution is 6.59. The highest BCUT2D eigenvalue weighted by atomic mass is 16.4. The van der Waals surface area contributed by atoms with Crippen molar-refractivity contribution in [1.82, 2.24) is 0 Å². The predicted octanol–water partition coefficient (Wildman–Crippen LogP) is 0.418. The molecule has 0 radical (unpaired) electrons. The van der Waals surface area contributed by atoms with E-state index in [1.54, 1.807) is 6.07 Å². The molecule has 3 heteroatoms. The maximum Gasteiger partial charge on any atom is 0.488 e. The van der Waals surface area contributed by atoms with E-state index in [1.807, 2.05) is 18.2 Å². The standard InChI is InChI=1S/C10H13BO2/c1-10(6-7-10)8-4-2-3-5-9(8)11(12)13/h2-5,12-13H,6-7H2,1H3. The van der Waals surface area contributed by atoms with Crippen LogP contribution in [0.25, 0.3) is 0 Å². The van der Waals surface area contributed by atoms with Crippen molar-refractivity contribution in [2.75, 3.05) is 0 Å². The SMILES string of the molecule is CC1(c2ccccc2B(O)O)CC1. The van der Waals surface area contributed by atoms with Crippen LogP contribution >= 0.6 is 0 Å². The molecule has 1 aromatic carbocycles. The number of hydrogen-bond acceptors (Lipinski definition) is 2. The molecule has 0 unspecified atom stereocenters. The van der Waals surface area contributed by atoms with Crippen LogP contribution in [0.15, 0.2) is 24.3 Å². The zero-order valence-corrected chi connectivity index (χ0v) is 7.70. The average molecular weight is 176 g/mol. The van der Waals surface area contributed by atoms with Crippen LogP contribution in [-0.2, 0) is 5.41 Å². The third-order valence-corrected chi connectivity index (χ3v) is 2.89. The minimum absolute atomic E-state index is 0.195. The van der Waals surface area contributed by atoms with Crippen molar-refractivity contribution in [2.24, 2.45) is 0 Å². The molecule has 0 bridgehead atoms. The van der Waals surface area contributed by atoms with E-state index in [2.05, 4.69) is 6.92 Å². The first-order chi connectivity index (χ1) is 6.13. The largest absolute Gasteiger partial charge is 0.488 e. The van der Waals surface area contributed by atoms with Crippen molar-refractivity contribution in [1.29, 1.82) is 0 Å². The van der Waals surface area contributed by atoms with Gasteiger partial charge in [0.2, 0.25) is 0 Å². The Morgan fingerprint density at radius 2 is 1.85 bits per heavy atom. The molecule has 1 fully saturated rings. The molecule has 0 amide bonds. The lowest BCUT2D eigenvalue weighted by atomic mass is 9.73. The summed E-state index contributed by atoms with van der Waals surface area (Å²) >= 11 is 0. The lowest BCUT2D eigenvalue weighted by molar-refractivity contribution is 0.425. The summed E-state index contributed by atoms with van der Waals surface area (Å²) in [6, 6.07) is 7.56. The van der Waals surface area contributed by atoms with E-state index in [1.165, 1.54) is 0 Å². The Balaban J connectivity index is 2.44. The van der Waals surface area contributed by atoms with Gasteiger partial charge < -0.3 is 10.0 Å².